The molecule has 3 aromatic rings. The van der Waals surface area contributed by atoms with Crippen LogP contribution in [-0.2, 0) is 16.1 Å². The second-order valence-corrected chi connectivity index (χ2v) is 7.50. The maximum absolute atomic E-state index is 12.2. The predicted octanol–water partition coefficient (Wildman–Crippen LogP) is 2.55. The van der Waals surface area contributed by atoms with Gasteiger partial charge in [-0.2, -0.15) is 0 Å². The summed E-state index contributed by atoms with van der Waals surface area (Å²) in [6, 6.07) is 9.62. The molecule has 1 aliphatic heterocycles. The highest BCUT2D eigenvalue weighted by Crippen LogP contribution is 2.23. The van der Waals surface area contributed by atoms with E-state index < -0.39 is 0 Å². The zero-order valence-corrected chi connectivity index (χ0v) is 16.2. The SMILES string of the molecule is Cc1ccc(-c2cc(NC(=O)CSc3nnnn3CC3CCCO3)on2)cc1. The first-order valence-electron chi connectivity index (χ1n) is 9.01. The molecule has 2 aromatic heterocycles. The molecule has 146 valence electrons. The number of rotatable bonds is 7. The summed E-state index contributed by atoms with van der Waals surface area (Å²) in [5.74, 6) is 0.246. The first-order chi connectivity index (χ1) is 13.7. The number of nitrogens with one attached hydrogen (secondary N) is 1. The third-order valence-electron chi connectivity index (χ3n) is 4.35. The van der Waals surface area contributed by atoms with Crippen LogP contribution in [0.1, 0.15) is 18.4 Å². The summed E-state index contributed by atoms with van der Waals surface area (Å²) >= 11 is 1.27. The first kappa shape index (κ1) is 18.6. The minimum atomic E-state index is -0.219. The number of thioether (sulfide) groups is 1. The van der Waals surface area contributed by atoms with Crippen molar-refractivity contribution in [2.75, 3.05) is 17.7 Å². The van der Waals surface area contributed by atoms with E-state index in [1.807, 2.05) is 31.2 Å². The summed E-state index contributed by atoms with van der Waals surface area (Å²) in [5, 5.41) is 19.0. The van der Waals surface area contributed by atoms with Gasteiger partial charge in [0.25, 0.3) is 0 Å². The zero-order valence-electron chi connectivity index (χ0n) is 15.4. The Kier molecular flexibility index (Phi) is 5.68. The highest BCUT2D eigenvalue weighted by Gasteiger charge is 2.19. The van der Waals surface area contributed by atoms with Crippen molar-refractivity contribution < 1.29 is 14.1 Å². The first-order valence-corrected chi connectivity index (χ1v) is 10.00. The van der Waals surface area contributed by atoms with Gasteiger partial charge in [0.2, 0.25) is 16.9 Å². The molecule has 10 heteroatoms. The largest absolute Gasteiger partial charge is 0.376 e. The third kappa shape index (κ3) is 4.57. The van der Waals surface area contributed by atoms with Gasteiger partial charge in [-0.25, -0.2) is 4.68 Å². The van der Waals surface area contributed by atoms with Crippen LogP contribution in [0.15, 0.2) is 40.0 Å². The number of benzene rings is 1. The molecule has 0 spiro atoms. The molecule has 28 heavy (non-hydrogen) atoms. The van der Waals surface area contributed by atoms with Crippen LogP contribution >= 0.6 is 11.8 Å². The number of carbonyl (C=O) groups excluding carboxylic acids is 1. The molecule has 4 rings (SSSR count). The number of aryl methyl sites for hydroxylation is 1. The lowest BCUT2D eigenvalue weighted by Gasteiger charge is -2.09. The van der Waals surface area contributed by atoms with Crippen molar-refractivity contribution in [2.45, 2.75) is 37.6 Å². The molecule has 0 radical (unpaired) electrons. The van der Waals surface area contributed by atoms with E-state index >= 15 is 0 Å². The number of aromatic nitrogens is 5. The van der Waals surface area contributed by atoms with Crippen LogP contribution in [-0.4, -0.2) is 49.7 Å². The number of ether oxygens (including phenoxy) is 1. The van der Waals surface area contributed by atoms with Crippen molar-refractivity contribution in [1.29, 1.82) is 0 Å². The van der Waals surface area contributed by atoms with Gasteiger partial charge in [-0.1, -0.05) is 46.7 Å². The summed E-state index contributed by atoms with van der Waals surface area (Å²) in [6.45, 7) is 3.39. The van der Waals surface area contributed by atoms with E-state index in [1.165, 1.54) is 17.3 Å². The van der Waals surface area contributed by atoms with Gasteiger partial charge in [0.1, 0.15) is 5.69 Å². The van der Waals surface area contributed by atoms with Gasteiger partial charge in [-0.05, 0) is 30.2 Å². The van der Waals surface area contributed by atoms with E-state index in [2.05, 4.69) is 26.0 Å². The number of nitrogens with zero attached hydrogens (tertiary/aromatic N) is 5. The molecule has 1 aromatic carbocycles. The van der Waals surface area contributed by atoms with Crippen LogP contribution < -0.4 is 5.32 Å². The highest BCUT2D eigenvalue weighted by molar-refractivity contribution is 7.99. The van der Waals surface area contributed by atoms with Gasteiger partial charge in [0, 0.05) is 18.2 Å². The molecule has 3 heterocycles. The Morgan fingerprint density at radius 1 is 1.36 bits per heavy atom. The second kappa shape index (κ2) is 8.53. The minimum absolute atomic E-state index is 0.131. The van der Waals surface area contributed by atoms with Gasteiger partial charge in [0.15, 0.2) is 0 Å². The average molecular weight is 400 g/mol. The number of amides is 1. The Morgan fingerprint density at radius 3 is 3.00 bits per heavy atom. The van der Waals surface area contributed by atoms with Gasteiger partial charge < -0.3 is 9.26 Å². The highest BCUT2D eigenvalue weighted by atomic mass is 32.2. The molecule has 1 atom stereocenters. The van der Waals surface area contributed by atoms with Gasteiger partial charge in [-0.15, -0.1) is 5.10 Å². The maximum Gasteiger partial charge on any atom is 0.237 e. The number of anilines is 1. The Hall–Kier alpha value is -2.72. The van der Waals surface area contributed by atoms with Crippen LogP contribution in [0.4, 0.5) is 5.88 Å². The summed E-state index contributed by atoms with van der Waals surface area (Å²) in [5.41, 5.74) is 2.76. The van der Waals surface area contributed by atoms with Crippen molar-refractivity contribution in [2.24, 2.45) is 0 Å². The number of tetrazole rings is 1. The normalized spacial score (nSPS) is 16.4. The molecule has 1 saturated heterocycles. The fourth-order valence-corrected chi connectivity index (χ4v) is 3.58. The lowest BCUT2D eigenvalue weighted by molar-refractivity contribution is -0.113. The molecular formula is C18H20N6O3S. The lowest BCUT2D eigenvalue weighted by atomic mass is 10.1. The number of hydrogen-bond donors (Lipinski definition) is 1. The van der Waals surface area contributed by atoms with E-state index in [0.29, 0.717) is 23.3 Å². The predicted molar refractivity (Wildman–Crippen MR) is 103 cm³/mol. The fourth-order valence-electron chi connectivity index (χ4n) is 2.89. The van der Waals surface area contributed by atoms with Gasteiger partial charge in [0.05, 0.1) is 18.4 Å². The average Bonchev–Trinajstić information content (AvgIpc) is 3.44. The Labute approximate surface area is 165 Å². The van der Waals surface area contributed by atoms with Crippen LogP contribution in [0.25, 0.3) is 11.3 Å². The quantitative estimate of drug-likeness (QED) is 0.603. The molecule has 0 bridgehead atoms. The summed E-state index contributed by atoms with van der Waals surface area (Å²) in [4.78, 5) is 12.2. The van der Waals surface area contributed by atoms with Crippen molar-refractivity contribution >= 4 is 23.6 Å². The van der Waals surface area contributed by atoms with Gasteiger partial charge in [-0.3, -0.25) is 10.1 Å². The molecule has 0 saturated carbocycles. The van der Waals surface area contributed by atoms with E-state index in [-0.39, 0.29) is 17.8 Å². The number of carbonyl (C=O) groups is 1. The Balaban J connectivity index is 1.30. The molecule has 1 unspecified atom stereocenters. The molecule has 1 aliphatic rings. The van der Waals surface area contributed by atoms with Crippen LogP contribution in [0.3, 0.4) is 0 Å². The monoisotopic (exact) mass is 400 g/mol. The van der Waals surface area contributed by atoms with E-state index in [0.717, 1.165) is 25.0 Å². The number of hydrogen-bond acceptors (Lipinski definition) is 8. The summed E-state index contributed by atoms with van der Waals surface area (Å²) in [7, 11) is 0. The summed E-state index contributed by atoms with van der Waals surface area (Å²) < 4.78 is 12.5. The molecule has 1 fully saturated rings. The molecule has 1 N–H and O–H groups in total. The van der Waals surface area contributed by atoms with Crippen molar-refractivity contribution in [3.05, 3.63) is 35.9 Å². The topological polar surface area (TPSA) is 108 Å². The van der Waals surface area contributed by atoms with E-state index in [4.69, 9.17) is 9.26 Å². The Bertz CT molecular complexity index is 933. The maximum atomic E-state index is 12.2. The van der Waals surface area contributed by atoms with Crippen molar-refractivity contribution in [3.63, 3.8) is 0 Å². The minimum Gasteiger partial charge on any atom is -0.376 e. The van der Waals surface area contributed by atoms with Crippen molar-refractivity contribution in [3.8, 4) is 11.3 Å². The van der Waals surface area contributed by atoms with Crippen LogP contribution in [0.2, 0.25) is 0 Å². The molecule has 9 nitrogen and oxygen atoms in total. The standard InChI is InChI=1S/C18H20N6O3S/c1-12-4-6-13(7-5-12)15-9-17(27-21-15)19-16(25)11-28-18-20-22-23-24(18)10-14-3-2-8-26-14/h4-7,9,14H,2-3,8,10-11H2,1H3,(H,19,25). The van der Waals surface area contributed by atoms with E-state index in [9.17, 15) is 4.79 Å². The molecule has 1 amide bonds. The van der Waals surface area contributed by atoms with Crippen molar-refractivity contribution in [1.82, 2.24) is 25.4 Å². The van der Waals surface area contributed by atoms with Crippen LogP contribution in [0.5, 0.6) is 0 Å². The lowest BCUT2D eigenvalue weighted by Crippen LogP contribution is -2.18. The fraction of sp³-hybridized carbons (Fsp3) is 0.389. The Morgan fingerprint density at radius 2 is 2.21 bits per heavy atom. The van der Waals surface area contributed by atoms with E-state index in [1.54, 1.807) is 10.7 Å². The van der Waals surface area contributed by atoms with Crippen LogP contribution in [0, 0.1) is 6.92 Å². The molecule has 0 aliphatic carbocycles. The zero-order chi connectivity index (χ0) is 19.3. The smallest absolute Gasteiger partial charge is 0.237 e. The second-order valence-electron chi connectivity index (χ2n) is 6.56. The van der Waals surface area contributed by atoms with Gasteiger partial charge >= 0.3 is 0 Å². The third-order valence-corrected chi connectivity index (χ3v) is 5.31. The summed E-state index contributed by atoms with van der Waals surface area (Å²) in [6.07, 6.45) is 2.18. The molecular weight excluding hydrogens is 380 g/mol.